The molecule has 4 aromatic rings. The highest BCUT2D eigenvalue weighted by molar-refractivity contribution is 7.18. The van der Waals surface area contributed by atoms with Crippen LogP contribution in [0, 0.1) is 17.5 Å². The molecule has 34 heavy (non-hydrogen) atoms. The minimum Gasteiger partial charge on any atom is -0.310 e. The summed E-state index contributed by atoms with van der Waals surface area (Å²) in [5.74, 6) is -3.81. The Bertz CT molecular complexity index is 1430. The van der Waals surface area contributed by atoms with Crippen molar-refractivity contribution in [3.63, 3.8) is 0 Å². The third-order valence-electron chi connectivity index (χ3n) is 7.06. The van der Waals surface area contributed by atoms with Crippen molar-refractivity contribution in [1.82, 2.24) is 14.9 Å². The number of aromatic nitrogens is 2. The van der Waals surface area contributed by atoms with Gasteiger partial charge in [0, 0.05) is 23.5 Å². The summed E-state index contributed by atoms with van der Waals surface area (Å²) in [5.41, 5.74) is 4.06. The molecule has 2 aromatic heterocycles. The first-order valence-electron chi connectivity index (χ1n) is 11.4. The lowest BCUT2D eigenvalue weighted by Gasteiger charge is -2.23. The van der Waals surface area contributed by atoms with E-state index >= 15 is 0 Å². The maximum Gasteiger partial charge on any atom is 0.262 e. The van der Waals surface area contributed by atoms with Gasteiger partial charge in [-0.15, -0.1) is 11.3 Å². The average Bonchev–Trinajstić information content (AvgIpc) is 3.42. The van der Waals surface area contributed by atoms with Crippen molar-refractivity contribution in [3.05, 3.63) is 97.7 Å². The summed E-state index contributed by atoms with van der Waals surface area (Å²) >= 11 is 1.55. The molecule has 8 heteroatoms. The van der Waals surface area contributed by atoms with Crippen molar-refractivity contribution in [3.8, 4) is 0 Å². The number of thiophene rings is 1. The molecule has 0 bridgehead atoms. The molecular weight excluding hydrogens is 459 g/mol. The third kappa shape index (κ3) is 3.65. The Balaban J connectivity index is 1.22. The van der Waals surface area contributed by atoms with Gasteiger partial charge < -0.3 is 5.32 Å². The van der Waals surface area contributed by atoms with E-state index in [2.05, 4.69) is 22.4 Å². The molecule has 2 heterocycles. The van der Waals surface area contributed by atoms with Gasteiger partial charge in [0.25, 0.3) is 5.56 Å². The molecule has 0 amide bonds. The fourth-order valence-electron chi connectivity index (χ4n) is 5.32. The monoisotopic (exact) mass is 481 g/mol. The average molecular weight is 482 g/mol. The van der Waals surface area contributed by atoms with Gasteiger partial charge in [-0.2, -0.15) is 0 Å². The first-order valence-corrected chi connectivity index (χ1v) is 12.2. The smallest absolute Gasteiger partial charge is 0.262 e. The summed E-state index contributed by atoms with van der Waals surface area (Å²) in [4.78, 5) is 20.0. The molecule has 0 saturated carbocycles. The van der Waals surface area contributed by atoms with Crippen molar-refractivity contribution < 1.29 is 13.2 Å². The molecule has 1 N–H and O–H groups in total. The molecule has 0 aliphatic heterocycles. The number of fused-ring (bicyclic) bond motifs is 4. The number of halogens is 3. The largest absolute Gasteiger partial charge is 0.310 e. The number of hydrogen-bond acceptors (Lipinski definition) is 4. The lowest BCUT2D eigenvalue weighted by atomic mass is 9.93. The number of rotatable bonds is 4. The van der Waals surface area contributed by atoms with Crippen molar-refractivity contribution in [2.75, 3.05) is 0 Å². The van der Waals surface area contributed by atoms with E-state index in [1.165, 1.54) is 11.1 Å². The molecular formula is C26H22F3N3OS. The maximum atomic E-state index is 13.5. The van der Waals surface area contributed by atoms with Gasteiger partial charge in [-0.05, 0) is 66.5 Å². The predicted molar refractivity (Wildman–Crippen MR) is 126 cm³/mol. The Kier molecular flexibility index (Phi) is 5.30. The highest BCUT2D eigenvalue weighted by Crippen LogP contribution is 2.35. The zero-order valence-corrected chi connectivity index (χ0v) is 19.1. The lowest BCUT2D eigenvalue weighted by Crippen LogP contribution is -2.34. The number of benzene rings is 2. The van der Waals surface area contributed by atoms with Crippen LogP contribution in [0.5, 0.6) is 0 Å². The summed E-state index contributed by atoms with van der Waals surface area (Å²) in [6.07, 6.45) is 5.63. The standard InChI is InChI=1S/C26H22F3N3OS/c27-20-7-14(8-21(28)24(20)29)12-30-17-5-6-19-22(11-17)34-25-23(19)26(33)32(13-31-25)18-9-15-3-1-2-4-16(15)10-18/h1-4,7-8,13,17-18,30H,5-6,9-12H2. The van der Waals surface area contributed by atoms with Gasteiger partial charge >= 0.3 is 0 Å². The molecule has 0 radical (unpaired) electrons. The SMILES string of the molecule is O=c1c2c3c(sc2ncn1C1Cc2ccccc2C1)CC(NCc1cc(F)c(F)c(F)c1)CC3. The van der Waals surface area contributed by atoms with Crippen LogP contribution in [-0.2, 0) is 32.2 Å². The Hall–Kier alpha value is -2.97. The zero-order valence-electron chi connectivity index (χ0n) is 18.3. The molecule has 1 unspecified atom stereocenters. The number of nitrogens with one attached hydrogen (secondary N) is 1. The first kappa shape index (κ1) is 21.6. The van der Waals surface area contributed by atoms with Crippen LogP contribution in [0.25, 0.3) is 10.2 Å². The van der Waals surface area contributed by atoms with E-state index in [9.17, 15) is 18.0 Å². The first-order chi connectivity index (χ1) is 16.5. The molecule has 2 aliphatic carbocycles. The number of nitrogens with zero attached hydrogens (tertiary/aromatic N) is 2. The van der Waals surface area contributed by atoms with Gasteiger partial charge in [-0.25, -0.2) is 18.2 Å². The van der Waals surface area contributed by atoms with Gasteiger partial charge in [0.05, 0.1) is 11.7 Å². The minimum atomic E-state index is -1.45. The Morgan fingerprint density at radius 3 is 2.47 bits per heavy atom. The van der Waals surface area contributed by atoms with Gasteiger partial charge in [-0.1, -0.05) is 24.3 Å². The minimum absolute atomic E-state index is 0.0315. The summed E-state index contributed by atoms with van der Waals surface area (Å²) in [6.45, 7) is 0.242. The fraction of sp³-hybridized carbons (Fsp3) is 0.308. The van der Waals surface area contributed by atoms with Crippen molar-refractivity contribution in [1.29, 1.82) is 0 Å². The summed E-state index contributed by atoms with van der Waals surface area (Å²) < 4.78 is 42.0. The Morgan fingerprint density at radius 1 is 1.06 bits per heavy atom. The van der Waals surface area contributed by atoms with E-state index in [0.717, 1.165) is 64.9 Å². The van der Waals surface area contributed by atoms with E-state index in [0.29, 0.717) is 5.56 Å². The topological polar surface area (TPSA) is 46.9 Å². The van der Waals surface area contributed by atoms with Gasteiger partial charge in [0.1, 0.15) is 4.83 Å². The summed E-state index contributed by atoms with van der Waals surface area (Å²) in [7, 11) is 0. The van der Waals surface area contributed by atoms with Crippen molar-refractivity contribution in [2.24, 2.45) is 0 Å². The highest BCUT2D eigenvalue weighted by atomic mass is 32.1. The van der Waals surface area contributed by atoms with Crippen molar-refractivity contribution >= 4 is 21.6 Å². The van der Waals surface area contributed by atoms with Crippen LogP contribution in [0.2, 0.25) is 0 Å². The number of hydrogen-bond donors (Lipinski definition) is 1. The van der Waals surface area contributed by atoms with Crippen LogP contribution in [0.3, 0.4) is 0 Å². The molecule has 174 valence electrons. The van der Waals surface area contributed by atoms with E-state index in [1.807, 2.05) is 12.1 Å². The Labute approximate surface area is 198 Å². The number of aryl methyl sites for hydroxylation is 1. The van der Waals surface area contributed by atoms with Crippen LogP contribution in [0.15, 0.2) is 47.5 Å². The highest BCUT2D eigenvalue weighted by Gasteiger charge is 2.28. The second-order valence-corrected chi connectivity index (χ2v) is 10.2. The van der Waals surface area contributed by atoms with Gasteiger partial charge in [-0.3, -0.25) is 9.36 Å². The molecule has 6 rings (SSSR count). The van der Waals surface area contributed by atoms with Crippen LogP contribution < -0.4 is 10.9 Å². The summed E-state index contributed by atoms with van der Waals surface area (Å²) in [5, 5.41) is 4.06. The van der Waals surface area contributed by atoms with E-state index in [4.69, 9.17) is 0 Å². The summed E-state index contributed by atoms with van der Waals surface area (Å²) in [6, 6.07) is 10.6. The molecule has 0 fully saturated rings. The van der Waals surface area contributed by atoms with Crippen LogP contribution in [0.1, 0.15) is 39.6 Å². The van der Waals surface area contributed by atoms with E-state index in [-0.39, 0.29) is 24.2 Å². The van der Waals surface area contributed by atoms with Crippen LogP contribution in [-0.4, -0.2) is 15.6 Å². The molecule has 2 aliphatic rings. The van der Waals surface area contributed by atoms with E-state index in [1.54, 1.807) is 22.2 Å². The molecule has 1 atom stereocenters. The second kappa shape index (κ2) is 8.36. The normalized spacial score (nSPS) is 17.8. The van der Waals surface area contributed by atoms with Crippen LogP contribution >= 0.6 is 11.3 Å². The van der Waals surface area contributed by atoms with Gasteiger partial charge in [0.2, 0.25) is 0 Å². The van der Waals surface area contributed by atoms with Crippen LogP contribution in [0.4, 0.5) is 13.2 Å². The molecule has 2 aromatic carbocycles. The Morgan fingerprint density at radius 2 is 1.76 bits per heavy atom. The third-order valence-corrected chi connectivity index (χ3v) is 8.22. The molecule has 0 spiro atoms. The predicted octanol–water partition coefficient (Wildman–Crippen LogP) is 4.86. The quantitative estimate of drug-likeness (QED) is 0.424. The molecule has 0 saturated heterocycles. The molecule has 4 nitrogen and oxygen atoms in total. The van der Waals surface area contributed by atoms with Gasteiger partial charge in [0.15, 0.2) is 17.5 Å². The maximum absolute atomic E-state index is 13.5. The zero-order chi connectivity index (χ0) is 23.4. The lowest BCUT2D eigenvalue weighted by molar-refractivity contribution is 0.437. The fourth-order valence-corrected chi connectivity index (χ4v) is 6.58. The van der Waals surface area contributed by atoms with E-state index < -0.39 is 17.5 Å². The second-order valence-electron chi connectivity index (χ2n) is 9.17. The van der Waals surface area contributed by atoms with Crippen molar-refractivity contribution in [2.45, 2.75) is 50.7 Å².